The summed E-state index contributed by atoms with van der Waals surface area (Å²) in [5.41, 5.74) is 1.28. The molecule has 0 spiro atoms. The fraction of sp³-hybridized carbons (Fsp3) is 0.812. The second-order valence-corrected chi connectivity index (χ2v) is 13.6. The van der Waals surface area contributed by atoms with Gasteiger partial charge in [0.1, 0.15) is 11.7 Å². The Bertz CT molecular complexity index is 917. The van der Waals surface area contributed by atoms with Gasteiger partial charge in [0.15, 0.2) is 0 Å². The van der Waals surface area contributed by atoms with Gasteiger partial charge in [0.25, 0.3) is 0 Å². The van der Waals surface area contributed by atoms with Crippen molar-refractivity contribution >= 4 is 11.9 Å². The Hall–Kier alpha value is -1.58. The SMILES string of the molecule is CC(=O)O[C@@H]1CC[C@]2(C)[C@@H]3CC[C@]4(C)[C@H](CC[C@@H]4[C@H](C)/C=C/[C@H](C)C(C)C)C3=CC[C@@]2(OC(C)=O)C1. The fourth-order valence-electron chi connectivity index (χ4n) is 8.87. The fourth-order valence-corrected chi connectivity index (χ4v) is 8.87. The molecule has 4 aliphatic rings. The molecule has 0 aromatic heterocycles. The molecule has 0 amide bonds. The molecule has 4 rings (SSSR count). The summed E-state index contributed by atoms with van der Waals surface area (Å²) in [5, 5.41) is 0. The van der Waals surface area contributed by atoms with Gasteiger partial charge in [-0.05, 0) is 79.4 Å². The third-order valence-electron chi connectivity index (χ3n) is 11.3. The maximum atomic E-state index is 12.3. The number of allylic oxidation sites excluding steroid dienone is 3. The normalized spacial score (nSPS) is 41.6. The third-order valence-corrected chi connectivity index (χ3v) is 11.3. The van der Waals surface area contributed by atoms with E-state index in [9.17, 15) is 9.59 Å². The van der Waals surface area contributed by atoms with Crippen molar-refractivity contribution in [1.82, 2.24) is 0 Å². The van der Waals surface area contributed by atoms with E-state index in [-0.39, 0.29) is 23.5 Å². The van der Waals surface area contributed by atoms with Gasteiger partial charge in [0, 0.05) is 32.1 Å². The lowest BCUT2D eigenvalue weighted by Gasteiger charge is -2.62. The number of hydrogen-bond donors (Lipinski definition) is 0. The van der Waals surface area contributed by atoms with Crippen LogP contribution in [0.15, 0.2) is 23.8 Å². The Balaban J connectivity index is 1.61. The van der Waals surface area contributed by atoms with Crippen LogP contribution in [0, 0.1) is 46.3 Å². The van der Waals surface area contributed by atoms with Gasteiger partial charge < -0.3 is 9.47 Å². The molecule has 0 unspecified atom stereocenters. The Morgan fingerprint density at radius 1 is 0.944 bits per heavy atom. The van der Waals surface area contributed by atoms with Crippen LogP contribution < -0.4 is 0 Å². The molecule has 4 heteroatoms. The molecule has 0 heterocycles. The molecule has 0 radical (unpaired) electrons. The monoisotopic (exact) mass is 498 g/mol. The molecule has 0 aromatic carbocycles. The number of carbonyl (C=O) groups excluding carboxylic acids is 2. The van der Waals surface area contributed by atoms with Crippen LogP contribution in [-0.2, 0) is 19.1 Å². The number of carbonyl (C=O) groups is 2. The number of esters is 2. The van der Waals surface area contributed by atoms with E-state index < -0.39 is 5.60 Å². The van der Waals surface area contributed by atoms with Crippen LogP contribution in [0.5, 0.6) is 0 Å². The van der Waals surface area contributed by atoms with Crippen molar-refractivity contribution in [2.45, 2.75) is 118 Å². The van der Waals surface area contributed by atoms with E-state index in [1.165, 1.54) is 33.1 Å². The largest absolute Gasteiger partial charge is 0.462 e. The van der Waals surface area contributed by atoms with Crippen molar-refractivity contribution in [2.24, 2.45) is 46.3 Å². The molecule has 4 aliphatic carbocycles. The molecule has 0 saturated heterocycles. The zero-order chi connectivity index (χ0) is 26.5. The maximum Gasteiger partial charge on any atom is 0.303 e. The van der Waals surface area contributed by atoms with Crippen LogP contribution in [0.3, 0.4) is 0 Å². The summed E-state index contributed by atoms with van der Waals surface area (Å²) in [6.45, 7) is 17.3. The highest BCUT2D eigenvalue weighted by molar-refractivity contribution is 5.67. The van der Waals surface area contributed by atoms with Gasteiger partial charge in [-0.3, -0.25) is 9.59 Å². The van der Waals surface area contributed by atoms with E-state index in [4.69, 9.17) is 9.47 Å². The van der Waals surface area contributed by atoms with Crippen LogP contribution in [0.1, 0.15) is 107 Å². The minimum absolute atomic E-state index is 0.114. The summed E-state index contributed by atoms with van der Waals surface area (Å²) in [7, 11) is 0. The lowest BCUT2D eigenvalue weighted by molar-refractivity contribution is -0.209. The highest BCUT2D eigenvalue weighted by Crippen LogP contribution is 2.68. The number of hydrogen-bond acceptors (Lipinski definition) is 4. The smallest absolute Gasteiger partial charge is 0.303 e. The van der Waals surface area contributed by atoms with Crippen molar-refractivity contribution in [1.29, 1.82) is 0 Å². The molecule has 0 aliphatic heterocycles. The van der Waals surface area contributed by atoms with E-state index >= 15 is 0 Å². The summed E-state index contributed by atoms with van der Waals surface area (Å²) in [6.07, 6.45) is 15.3. The minimum Gasteiger partial charge on any atom is -0.462 e. The summed E-state index contributed by atoms with van der Waals surface area (Å²) in [4.78, 5) is 24.1. The molecule has 3 fully saturated rings. The Morgan fingerprint density at radius 3 is 2.31 bits per heavy atom. The minimum atomic E-state index is -0.583. The first kappa shape index (κ1) is 27.5. The second kappa shape index (κ2) is 9.95. The molecule has 0 bridgehead atoms. The van der Waals surface area contributed by atoms with E-state index in [0.717, 1.165) is 25.7 Å². The molecule has 4 nitrogen and oxygen atoms in total. The molecular weight excluding hydrogens is 448 g/mol. The Morgan fingerprint density at radius 2 is 1.67 bits per heavy atom. The lowest BCUT2D eigenvalue weighted by atomic mass is 9.46. The molecule has 36 heavy (non-hydrogen) atoms. The Labute approximate surface area is 219 Å². The quantitative estimate of drug-likeness (QED) is 0.278. The van der Waals surface area contributed by atoms with Gasteiger partial charge in [0.2, 0.25) is 0 Å². The molecule has 0 aromatic rings. The molecule has 0 N–H and O–H groups in total. The maximum absolute atomic E-state index is 12.3. The number of rotatable bonds is 6. The zero-order valence-corrected chi connectivity index (χ0v) is 24.1. The van der Waals surface area contributed by atoms with E-state index in [0.29, 0.717) is 47.3 Å². The molecule has 3 saturated carbocycles. The first-order chi connectivity index (χ1) is 16.8. The molecule has 202 valence electrons. The highest BCUT2D eigenvalue weighted by Gasteiger charge is 2.64. The predicted octanol–water partition coefficient (Wildman–Crippen LogP) is 7.67. The van der Waals surface area contributed by atoms with Crippen LogP contribution in [0.4, 0.5) is 0 Å². The van der Waals surface area contributed by atoms with Crippen LogP contribution >= 0.6 is 0 Å². The average Bonchev–Trinajstić information content (AvgIpc) is 3.14. The van der Waals surface area contributed by atoms with Crippen molar-refractivity contribution < 1.29 is 19.1 Å². The van der Waals surface area contributed by atoms with Gasteiger partial charge in [0.05, 0.1) is 0 Å². The molecular formula is C32H50O4. The summed E-state index contributed by atoms with van der Waals surface area (Å²) >= 11 is 0. The van der Waals surface area contributed by atoms with Gasteiger partial charge in [-0.1, -0.05) is 65.3 Å². The van der Waals surface area contributed by atoms with E-state index in [1.807, 2.05) is 0 Å². The summed E-state index contributed by atoms with van der Waals surface area (Å²) < 4.78 is 11.9. The van der Waals surface area contributed by atoms with E-state index in [1.54, 1.807) is 5.57 Å². The summed E-state index contributed by atoms with van der Waals surface area (Å²) in [6, 6.07) is 0. The van der Waals surface area contributed by atoms with Crippen LogP contribution in [0.2, 0.25) is 0 Å². The van der Waals surface area contributed by atoms with Gasteiger partial charge in [-0.15, -0.1) is 0 Å². The van der Waals surface area contributed by atoms with Crippen LogP contribution in [-0.4, -0.2) is 23.6 Å². The zero-order valence-electron chi connectivity index (χ0n) is 24.1. The first-order valence-corrected chi connectivity index (χ1v) is 14.6. The van der Waals surface area contributed by atoms with Crippen LogP contribution in [0.25, 0.3) is 0 Å². The van der Waals surface area contributed by atoms with Crippen molar-refractivity contribution in [3.63, 3.8) is 0 Å². The predicted molar refractivity (Wildman–Crippen MR) is 144 cm³/mol. The Kier molecular flexibility index (Phi) is 7.59. The topological polar surface area (TPSA) is 52.6 Å². The standard InChI is InChI=1S/C32H50O4/c1-20(2)21(3)9-10-22(4)27-11-12-28-26-14-18-32(36-24(6)34)19-25(35-23(5)33)13-17-31(32,8)29(26)15-16-30(27,28)7/h9-10,14,20-22,25,27-29H,11-13,15-19H2,1-8H3/b10-9+/t21-,22+,25+,27+,28+,29+,30-,31+,32+/m0/s1. The van der Waals surface area contributed by atoms with Gasteiger partial charge in [-0.25, -0.2) is 0 Å². The highest BCUT2D eigenvalue weighted by atomic mass is 16.6. The number of ether oxygens (including phenoxy) is 2. The van der Waals surface area contributed by atoms with Crippen molar-refractivity contribution in [2.75, 3.05) is 0 Å². The average molecular weight is 499 g/mol. The second-order valence-electron chi connectivity index (χ2n) is 13.6. The summed E-state index contributed by atoms with van der Waals surface area (Å²) in [5.74, 6) is 3.20. The van der Waals surface area contributed by atoms with Gasteiger partial charge >= 0.3 is 11.9 Å². The third kappa shape index (κ3) is 4.60. The van der Waals surface area contributed by atoms with Crippen molar-refractivity contribution in [3.05, 3.63) is 23.8 Å². The molecule has 9 atom stereocenters. The van der Waals surface area contributed by atoms with E-state index in [2.05, 4.69) is 59.8 Å². The first-order valence-electron chi connectivity index (χ1n) is 14.6. The number of fused-ring (bicyclic) bond motifs is 5. The van der Waals surface area contributed by atoms with Gasteiger partial charge in [-0.2, -0.15) is 0 Å². The van der Waals surface area contributed by atoms with Crippen molar-refractivity contribution in [3.8, 4) is 0 Å². The lowest BCUT2D eigenvalue weighted by Crippen LogP contribution is -2.61.